The molecule has 2 heteroatoms. The van der Waals surface area contributed by atoms with Gasteiger partial charge in [0.25, 0.3) is 0 Å². The van der Waals surface area contributed by atoms with Crippen molar-refractivity contribution in [1.29, 1.82) is 5.26 Å². The van der Waals surface area contributed by atoms with Gasteiger partial charge in [-0.1, -0.05) is 12.2 Å². The van der Waals surface area contributed by atoms with E-state index in [9.17, 15) is 0 Å². The molecule has 0 aromatic carbocycles. The van der Waals surface area contributed by atoms with Gasteiger partial charge in [-0.3, -0.25) is 0 Å². The Morgan fingerprint density at radius 3 is 2.30 bits per heavy atom. The second-order valence-electron chi connectivity index (χ2n) is 2.68. The number of rotatable bonds is 2. The molecule has 1 unspecified atom stereocenters. The Hall–Kier alpha value is -0.810. The first kappa shape index (κ1) is 9.19. The van der Waals surface area contributed by atoms with Crippen LogP contribution < -0.4 is 5.73 Å². The minimum Gasteiger partial charge on any atom is -0.326 e. The van der Waals surface area contributed by atoms with Crippen molar-refractivity contribution >= 4 is 0 Å². The van der Waals surface area contributed by atoms with Crippen molar-refractivity contribution in [3.63, 3.8) is 0 Å². The Balaban J connectivity index is 4.43. The van der Waals surface area contributed by atoms with Gasteiger partial charge in [0.1, 0.15) is 0 Å². The van der Waals surface area contributed by atoms with Crippen LogP contribution in [0.1, 0.15) is 20.8 Å². The maximum absolute atomic E-state index is 8.71. The topological polar surface area (TPSA) is 49.8 Å². The van der Waals surface area contributed by atoms with Crippen molar-refractivity contribution in [3.05, 3.63) is 12.2 Å². The van der Waals surface area contributed by atoms with E-state index >= 15 is 0 Å². The fraction of sp³-hybridized carbons (Fsp3) is 0.625. The Kier molecular flexibility index (Phi) is 3.11. The van der Waals surface area contributed by atoms with Crippen LogP contribution in [0.4, 0.5) is 0 Å². The highest BCUT2D eigenvalue weighted by Gasteiger charge is 2.24. The van der Waals surface area contributed by atoms with E-state index in [1.807, 2.05) is 32.9 Å². The van der Waals surface area contributed by atoms with Gasteiger partial charge in [0.2, 0.25) is 0 Å². The van der Waals surface area contributed by atoms with Crippen LogP contribution >= 0.6 is 0 Å². The van der Waals surface area contributed by atoms with Gasteiger partial charge in [0, 0.05) is 6.04 Å². The van der Waals surface area contributed by atoms with Crippen LogP contribution in [0, 0.1) is 16.7 Å². The highest BCUT2D eigenvalue weighted by molar-refractivity contribution is 5.13. The molecular formula is C8H14N2. The number of hydrogen-bond acceptors (Lipinski definition) is 2. The fourth-order valence-corrected chi connectivity index (χ4v) is 0.637. The SMILES string of the molecule is C/C=C\[C@@](C)(C#N)C(C)N. The molecule has 0 aliphatic rings. The lowest BCUT2D eigenvalue weighted by molar-refractivity contribution is 0.462. The summed E-state index contributed by atoms with van der Waals surface area (Å²) in [5.74, 6) is 0. The highest BCUT2D eigenvalue weighted by atomic mass is 14.7. The molecule has 0 heterocycles. The van der Waals surface area contributed by atoms with E-state index in [0.717, 1.165) is 0 Å². The summed E-state index contributed by atoms with van der Waals surface area (Å²) in [5.41, 5.74) is 5.09. The van der Waals surface area contributed by atoms with Crippen LogP contribution in [-0.2, 0) is 0 Å². The first-order valence-electron chi connectivity index (χ1n) is 3.37. The van der Waals surface area contributed by atoms with E-state index in [1.54, 1.807) is 0 Å². The lowest BCUT2D eigenvalue weighted by Crippen LogP contribution is -2.33. The molecule has 0 aromatic heterocycles. The molecule has 2 N–H and O–H groups in total. The minimum atomic E-state index is -0.505. The average molecular weight is 138 g/mol. The van der Waals surface area contributed by atoms with Gasteiger partial charge < -0.3 is 5.73 Å². The Morgan fingerprint density at radius 1 is 1.70 bits per heavy atom. The van der Waals surface area contributed by atoms with E-state index in [4.69, 9.17) is 11.0 Å². The van der Waals surface area contributed by atoms with Crippen molar-refractivity contribution in [2.45, 2.75) is 26.8 Å². The van der Waals surface area contributed by atoms with Crippen molar-refractivity contribution in [1.82, 2.24) is 0 Å². The molecule has 0 aliphatic heterocycles. The Morgan fingerprint density at radius 2 is 2.20 bits per heavy atom. The first-order chi connectivity index (χ1) is 4.56. The van der Waals surface area contributed by atoms with Gasteiger partial charge in [0.05, 0.1) is 11.5 Å². The van der Waals surface area contributed by atoms with Crippen LogP contribution in [-0.4, -0.2) is 6.04 Å². The molecule has 2 atom stereocenters. The van der Waals surface area contributed by atoms with Gasteiger partial charge >= 0.3 is 0 Å². The lowest BCUT2D eigenvalue weighted by Gasteiger charge is -2.20. The van der Waals surface area contributed by atoms with Crippen molar-refractivity contribution < 1.29 is 0 Å². The zero-order chi connectivity index (χ0) is 8.20. The molecule has 0 spiro atoms. The molecule has 0 amide bonds. The monoisotopic (exact) mass is 138 g/mol. The third kappa shape index (κ3) is 1.85. The summed E-state index contributed by atoms with van der Waals surface area (Å²) in [5, 5.41) is 8.71. The maximum atomic E-state index is 8.71. The average Bonchev–Trinajstić information content (AvgIpc) is 1.88. The molecule has 0 rings (SSSR count). The Bertz CT molecular complexity index is 165. The summed E-state index contributed by atoms with van der Waals surface area (Å²) in [7, 11) is 0. The second-order valence-corrected chi connectivity index (χ2v) is 2.68. The Labute approximate surface area is 62.3 Å². The van der Waals surface area contributed by atoms with E-state index in [-0.39, 0.29) is 6.04 Å². The molecule has 0 saturated heterocycles. The van der Waals surface area contributed by atoms with Crippen molar-refractivity contribution in [3.8, 4) is 6.07 Å². The predicted molar refractivity (Wildman–Crippen MR) is 42.2 cm³/mol. The molecular weight excluding hydrogens is 124 g/mol. The summed E-state index contributed by atoms with van der Waals surface area (Å²) < 4.78 is 0. The minimum absolute atomic E-state index is 0.117. The first-order valence-corrected chi connectivity index (χ1v) is 3.37. The molecule has 56 valence electrons. The summed E-state index contributed by atoms with van der Waals surface area (Å²) in [6.45, 7) is 5.55. The largest absolute Gasteiger partial charge is 0.326 e. The maximum Gasteiger partial charge on any atom is 0.0872 e. The van der Waals surface area contributed by atoms with E-state index in [1.165, 1.54) is 0 Å². The number of hydrogen-bond donors (Lipinski definition) is 1. The number of nitrogens with zero attached hydrogens (tertiary/aromatic N) is 1. The molecule has 0 fully saturated rings. The molecule has 0 saturated carbocycles. The van der Waals surface area contributed by atoms with Crippen LogP contribution in [0.15, 0.2) is 12.2 Å². The summed E-state index contributed by atoms with van der Waals surface area (Å²) in [6, 6.07) is 2.05. The third-order valence-corrected chi connectivity index (χ3v) is 1.70. The zero-order valence-corrected chi connectivity index (χ0v) is 6.76. The number of nitriles is 1. The smallest absolute Gasteiger partial charge is 0.0872 e. The highest BCUT2D eigenvalue weighted by Crippen LogP contribution is 2.19. The molecule has 0 aliphatic carbocycles. The van der Waals surface area contributed by atoms with Gasteiger partial charge in [-0.2, -0.15) is 5.26 Å². The van der Waals surface area contributed by atoms with Crippen molar-refractivity contribution in [2.24, 2.45) is 11.1 Å². The van der Waals surface area contributed by atoms with Crippen molar-refractivity contribution in [2.75, 3.05) is 0 Å². The molecule has 10 heavy (non-hydrogen) atoms. The van der Waals surface area contributed by atoms with Gasteiger partial charge in [-0.25, -0.2) is 0 Å². The van der Waals surface area contributed by atoms with E-state index in [0.29, 0.717) is 0 Å². The van der Waals surface area contributed by atoms with E-state index < -0.39 is 5.41 Å². The molecule has 2 nitrogen and oxygen atoms in total. The summed E-state index contributed by atoms with van der Waals surface area (Å²) >= 11 is 0. The van der Waals surface area contributed by atoms with Gasteiger partial charge in [-0.15, -0.1) is 0 Å². The van der Waals surface area contributed by atoms with Crippen LogP contribution in [0.5, 0.6) is 0 Å². The van der Waals surface area contributed by atoms with Crippen LogP contribution in [0.25, 0.3) is 0 Å². The zero-order valence-electron chi connectivity index (χ0n) is 6.76. The van der Waals surface area contributed by atoms with E-state index in [2.05, 4.69) is 6.07 Å². The summed E-state index contributed by atoms with van der Waals surface area (Å²) in [4.78, 5) is 0. The quantitative estimate of drug-likeness (QED) is 0.587. The van der Waals surface area contributed by atoms with Gasteiger partial charge in [0.15, 0.2) is 0 Å². The molecule has 0 aromatic rings. The normalized spacial score (nSPS) is 19.9. The molecule has 0 bridgehead atoms. The number of allylic oxidation sites excluding steroid dienone is 1. The number of nitrogens with two attached hydrogens (primary N) is 1. The lowest BCUT2D eigenvalue weighted by atomic mass is 9.85. The molecule has 0 radical (unpaired) electrons. The predicted octanol–water partition coefficient (Wildman–Crippen LogP) is 1.44. The second kappa shape index (κ2) is 3.38. The third-order valence-electron chi connectivity index (χ3n) is 1.70. The standard InChI is InChI=1S/C8H14N2/c1-4-5-8(3,6-9)7(2)10/h4-5,7H,10H2,1-3H3/b5-4-/t7?,8-/m0/s1. The van der Waals surface area contributed by atoms with Crippen LogP contribution in [0.2, 0.25) is 0 Å². The fourth-order valence-electron chi connectivity index (χ4n) is 0.637. The summed E-state index contributed by atoms with van der Waals surface area (Å²) in [6.07, 6.45) is 3.68. The van der Waals surface area contributed by atoms with Gasteiger partial charge in [-0.05, 0) is 20.8 Å². The van der Waals surface area contributed by atoms with Crippen LogP contribution in [0.3, 0.4) is 0 Å².